The third-order valence-electron chi connectivity index (χ3n) is 6.64. The second kappa shape index (κ2) is 8.47. The molecule has 0 spiro atoms. The fourth-order valence-electron chi connectivity index (χ4n) is 4.83. The second-order valence-electron chi connectivity index (χ2n) is 8.72. The smallest absolute Gasteiger partial charge is 0.173 e. The van der Waals surface area contributed by atoms with Crippen molar-refractivity contribution in [2.24, 2.45) is 0 Å². The average Bonchev–Trinajstić information content (AvgIpc) is 3.58. The molecule has 9 heteroatoms. The highest BCUT2D eigenvalue weighted by Gasteiger charge is 2.26. The minimum absolute atomic E-state index is 0.153. The Bertz CT molecular complexity index is 1360. The van der Waals surface area contributed by atoms with E-state index >= 15 is 0 Å². The van der Waals surface area contributed by atoms with Crippen LogP contribution in [0.25, 0.3) is 27.0 Å². The van der Waals surface area contributed by atoms with Crippen LogP contribution in [-0.4, -0.2) is 39.4 Å². The van der Waals surface area contributed by atoms with Gasteiger partial charge in [-0.3, -0.25) is 0 Å². The Kier molecular flexibility index (Phi) is 5.28. The summed E-state index contributed by atoms with van der Waals surface area (Å²) in [6.45, 7) is 0.551. The van der Waals surface area contributed by atoms with E-state index in [1.807, 2.05) is 12.1 Å². The molecule has 4 heterocycles. The van der Waals surface area contributed by atoms with E-state index in [1.165, 1.54) is 60.2 Å². The minimum atomic E-state index is -0.690. The number of aromatic nitrogens is 4. The van der Waals surface area contributed by atoms with Gasteiger partial charge < -0.3 is 9.64 Å². The van der Waals surface area contributed by atoms with Crippen LogP contribution < -0.4 is 9.64 Å². The van der Waals surface area contributed by atoms with E-state index in [0.717, 1.165) is 45.1 Å². The van der Waals surface area contributed by atoms with Crippen LogP contribution in [0.1, 0.15) is 31.2 Å². The van der Waals surface area contributed by atoms with E-state index < -0.39 is 11.6 Å². The van der Waals surface area contributed by atoms with Gasteiger partial charge in [0.05, 0.1) is 16.4 Å². The topological polar surface area (TPSA) is 56.1 Å². The molecule has 1 aromatic carbocycles. The van der Waals surface area contributed by atoms with Gasteiger partial charge in [-0.25, -0.2) is 23.4 Å². The monoisotopic (exact) mass is 479 g/mol. The standard InChI is InChI=1S/C25H23F2N5OS/c1-31(17-4-2-3-5-17)22-9-8-20-23(30-22)24-15(10-11-33-20)12-21(34-24)25-28-14-29-32(25)19-7-6-16(26)13-18(19)27/h6-9,12-14,17H,2-5,10-11H2,1H3. The van der Waals surface area contributed by atoms with Crippen LogP contribution in [0.4, 0.5) is 14.6 Å². The molecule has 0 N–H and O–H groups in total. The lowest BCUT2D eigenvalue weighted by Crippen LogP contribution is -2.29. The maximum atomic E-state index is 14.5. The zero-order valence-electron chi connectivity index (χ0n) is 18.7. The fourth-order valence-corrected chi connectivity index (χ4v) is 6.01. The first-order valence-corrected chi connectivity index (χ1v) is 12.3. The molecule has 1 fully saturated rings. The van der Waals surface area contributed by atoms with E-state index in [-0.39, 0.29) is 5.69 Å². The van der Waals surface area contributed by atoms with Crippen molar-refractivity contribution < 1.29 is 13.5 Å². The van der Waals surface area contributed by atoms with Gasteiger partial charge in [-0.15, -0.1) is 11.3 Å². The van der Waals surface area contributed by atoms with Crippen molar-refractivity contribution in [2.45, 2.75) is 38.1 Å². The number of hydrogen-bond acceptors (Lipinski definition) is 6. The van der Waals surface area contributed by atoms with Gasteiger partial charge >= 0.3 is 0 Å². The largest absolute Gasteiger partial charge is 0.491 e. The highest BCUT2D eigenvalue weighted by molar-refractivity contribution is 7.19. The van der Waals surface area contributed by atoms with Crippen molar-refractivity contribution in [1.29, 1.82) is 0 Å². The lowest BCUT2D eigenvalue weighted by Gasteiger charge is -2.26. The zero-order valence-corrected chi connectivity index (χ0v) is 19.5. The van der Waals surface area contributed by atoms with Gasteiger partial charge in [0.25, 0.3) is 0 Å². The van der Waals surface area contributed by atoms with Gasteiger partial charge in [0.2, 0.25) is 0 Å². The number of ether oxygens (including phenoxy) is 1. The Morgan fingerprint density at radius 2 is 1.97 bits per heavy atom. The molecule has 1 aliphatic carbocycles. The SMILES string of the molecule is CN(c1ccc2c(n1)-c1sc(-c3ncnn3-c3ccc(F)cc3F)cc1CCO2)C1CCCC1. The van der Waals surface area contributed by atoms with Gasteiger partial charge in [0.1, 0.15) is 35.1 Å². The molecule has 34 heavy (non-hydrogen) atoms. The lowest BCUT2D eigenvalue weighted by molar-refractivity contribution is 0.325. The Labute approximate surface area is 199 Å². The fraction of sp³-hybridized carbons (Fsp3) is 0.320. The summed E-state index contributed by atoms with van der Waals surface area (Å²) < 4.78 is 35.3. The Hall–Kier alpha value is -3.33. The van der Waals surface area contributed by atoms with Crippen molar-refractivity contribution >= 4 is 17.2 Å². The maximum absolute atomic E-state index is 14.5. The predicted octanol–water partition coefficient (Wildman–Crippen LogP) is 5.65. The summed E-state index contributed by atoms with van der Waals surface area (Å²) in [6, 6.07) is 10.0. The van der Waals surface area contributed by atoms with Crippen molar-refractivity contribution in [2.75, 3.05) is 18.6 Å². The summed E-state index contributed by atoms with van der Waals surface area (Å²) in [4.78, 5) is 13.6. The number of fused-ring (bicyclic) bond motifs is 3. The van der Waals surface area contributed by atoms with Crippen LogP contribution in [0.15, 0.2) is 42.7 Å². The molecule has 1 aliphatic heterocycles. The molecule has 3 aromatic heterocycles. The first-order valence-electron chi connectivity index (χ1n) is 11.4. The lowest BCUT2D eigenvalue weighted by atomic mass is 10.1. The first kappa shape index (κ1) is 21.2. The summed E-state index contributed by atoms with van der Waals surface area (Å²) in [5.74, 6) is 0.886. The Morgan fingerprint density at radius 3 is 2.79 bits per heavy atom. The van der Waals surface area contributed by atoms with Crippen LogP contribution in [0.3, 0.4) is 0 Å². The molecular formula is C25H23F2N5OS. The quantitative estimate of drug-likeness (QED) is 0.379. The van der Waals surface area contributed by atoms with Gasteiger partial charge in [-0.05, 0) is 48.7 Å². The summed E-state index contributed by atoms with van der Waals surface area (Å²) >= 11 is 1.54. The summed E-state index contributed by atoms with van der Waals surface area (Å²) in [5.41, 5.74) is 2.09. The molecule has 0 atom stereocenters. The molecular weight excluding hydrogens is 456 g/mol. The Balaban J connectivity index is 1.42. The van der Waals surface area contributed by atoms with E-state index in [0.29, 0.717) is 18.5 Å². The highest BCUT2D eigenvalue weighted by Crippen LogP contribution is 2.43. The summed E-state index contributed by atoms with van der Waals surface area (Å²) in [6.07, 6.45) is 7.02. The second-order valence-corrected chi connectivity index (χ2v) is 9.77. The molecule has 1 saturated carbocycles. The van der Waals surface area contributed by atoms with Crippen molar-refractivity contribution in [1.82, 2.24) is 19.7 Å². The van der Waals surface area contributed by atoms with Crippen LogP contribution >= 0.6 is 11.3 Å². The zero-order chi connectivity index (χ0) is 23.2. The average molecular weight is 480 g/mol. The minimum Gasteiger partial charge on any atom is -0.491 e. The predicted molar refractivity (Wildman–Crippen MR) is 128 cm³/mol. The molecule has 0 radical (unpaired) electrons. The van der Waals surface area contributed by atoms with Crippen molar-refractivity contribution in [3.63, 3.8) is 0 Å². The number of nitrogens with zero attached hydrogens (tertiary/aromatic N) is 5. The molecule has 0 amide bonds. The molecule has 4 aromatic rings. The van der Waals surface area contributed by atoms with Crippen molar-refractivity contribution in [3.8, 4) is 32.7 Å². The van der Waals surface area contributed by atoms with Crippen LogP contribution in [0.2, 0.25) is 0 Å². The number of hydrogen-bond donors (Lipinski definition) is 0. The van der Waals surface area contributed by atoms with Crippen LogP contribution in [-0.2, 0) is 6.42 Å². The summed E-state index contributed by atoms with van der Waals surface area (Å²) in [7, 11) is 2.11. The molecule has 174 valence electrons. The molecule has 0 bridgehead atoms. The van der Waals surface area contributed by atoms with Crippen molar-refractivity contribution in [3.05, 3.63) is 59.9 Å². The molecule has 2 aliphatic rings. The van der Waals surface area contributed by atoms with E-state index in [4.69, 9.17) is 9.72 Å². The van der Waals surface area contributed by atoms with Gasteiger partial charge in [0, 0.05) is 25.6 Å². The number of rotatable bonds is 4. The molecule has 6 rings (SSSR count). The Morgan fingerprint density at radius 1 is 1.12 bits per heavy atom. The van der Waals surface area contributed by atoms with Gasteiger partial charge in [-0.1, -0.05) is 12.8 Å². The third kappa shape index (κ3) is 3.64. The van der Waals surface area contributed by atoms with E-state index in [9.17, 15) is 8.78 Å². The number of thiophene rings is 1. The first-order chi connectivity index (χ1) is 16.6. The normalized spacial score (nSPS) is 15.5. The molecule has 0 saturated heterocycles. The van der Waals surface area contributed by atoms with E-state index in [1.54, 1.807) is 0 Å². The highest BCUT2D eigenvalue weighted by atomic mass is 32.1. The van der Waals surface area contributed by atoms with Gasteiger partial charge in [0.15, 0.2) is 11.6 Å². The number of benzene rings is 1. The number of halogens is 2. The molecule has 6 nitrogen and oxygen atoms in total. The number of anilines is 1. The van der Waals surface area contributed by atoms with Crippen LogP contribution in [0.5, 0.6) is 5.75 Å². The van der Waals surface area contributed by atoms with E-state index in [2.05, 4.69) is 28.1 Å². The molecule has 0 unspecified atom stereocenters. The summed E-state index contributed by atoms with van der Waals surface area (Å²) in [5, 5.41) is 4.21. The van der Waals surface area contributed by atoms with Gasteiger partial charge in [-0.2, -0.15) is 5.10 Å². The maximum Gasteiger partial charge on any atom is 0.173 e. The third-order valence-corrected chi connectivity index (χ3v) is 7.82. The number of pyridine rings is 1. The van der Waals surface area contributed by atoms with Crippen LogP contribution in [0, 0.1) is 11.6 Å².